The van der Waals surface area contributed by atoms with Gasteiger partial charge >= 0.3 is 5.97 Å². The fourth-order valence-corrected chi connectivity index (χ4v) is 1.52. The zero-order valence-electron chi connectivity index (χ0n) is 9.82. The molecule has 0 saturated heterocycles. The maximum atomic E-state index is 11.0. The quantitative estimate of drug-likeness (QED) is 0.869. The number of ether oxygens (including phenoxy) is 2. The number of methoxy groups -OCH3 is 2. The minimum absolute atomic E-state index is 0.0541. The predicted molar refractivity (Wildman–Crippen MR) is 61.4 cm³/mol. The third kappa shape index (κ3) is 1.97. The van der Waals surface area contributed by atoms with Gasteiger partial charge in [0.05, 0.1) is 20.4 Å². The summed E-state index contributed by atoms with van der Waals surface area (Å²) in [7, 11) is 3.01. The number of benzene rings is 1. The summed E-state index contributed by atoms with van der Waals surface area (Å²) in [6.07, 6.45) is 1.17. The van der Waals surface area contributed by atoms with E-state index < -0.39 is 5.97 Å². The Bertz CT molecular complexity index is 579. The molecule has 0 aliphatic rings. The van der Waals surface area contributed by atoms with Crippen molar-refractivity contribution in [1.82, 2.24) is 15.0 Å². The van der Waals surface area contributed by atoms with E-state index in [2.05, 4.69) is 10.3 Å². The third-order valence-corrected chi connectivity index (χ3v) is 2.38. The van der Waals surface area contributed by atoms with Crippen molar-refractivity contribution in [3.63, 3.8) is 0 Å². The van der Waals surface area contributed by atoms with E-state index in [1.165, 1.54) is 25.1 Å². The van der Waals surface area contributed by atoms with Gasteiger partial charge in [0.2, 0.25) is 0 Å². The fraction of sp³-hybridized carbons (Fsp3) is 0.182. The Hall–Kier alpha value is -2.57. The molecule has 7 nitrogen and oxygen atoms in total. The summed E-state index contributed by atoms with van der Waals surface area (Å²) in [5, 5.41) is 16.4. The van der Waals surface area contributed by atoms with E-state index in [1.807, 2.05) is 0 Å². The second-order valence-corrected chi connectivity index (χ2v) is 3.37. The number of rotatable bonds is 4. The number of hydrogen-bond donors (Lipinski definition) is 1. The zero-order valence-corrected chi connectivity index (χ0v) is 9.82. The fourth-order valence-electron chi connectivity index (χ4n) is 1.52. The molecule has 1 aromatic heterocycles. The van der Waals surface area contributed by atoms with Crippen LogP contribution < -0.4 is 9.47 Å². The Kier molecular flexibility index (Phi) is 3.13. The monoisotopic (exact) mass is 249 g/mol. The molecule has 0 bridgehead atoms. The van der Waals surface area contributed by atoms with Gasteiger partial charge in [-0.25, -0.2) is 9.48 Å². The van der Waals surface area contributed by atoms with Crippen LogP contribution in [0.2, 0.25) is 0 Å². The normalized spacial score (nSPS) is 10.1. The van der Waals surface area contributed by atoms with Crippen LogP contribution in [0.5, 0.6) is 11.5 Å². The molecule has 0 aliphatic heterocycles. The van der Waals surface area contributed by atoms with Gasteiger partial charge in [-0.1, -0.05) is 5.21 Å². The highest BCUT2D eigenvalue weighted by atomic mass is 16.5. The van der Waals surface area contributed by atoms with Crippen LogP contribution in [0.3, 0.4) is 0 Å². The molecule has 0 spiro atoms. The van der Waals surface area contributed by atoms with Gasteiger partial charge in [0.1, 0.15) is 17.2 Å². The van der Waals surface area contributed by atoms with E-state index in [4.69, 9.17) is 14.6 Å². The summed E-state index contributed by atoms with van der Waals surface area (Å²) in [6.45, 7) is 0. The number of hydrogen-bond acceptors (Lipinski definition) is 5. The molecule has 0 atom stereocenters. The summed E-state index contributed by atoms with van der Waals surface area (Å²) in [5.74, 6) is -0.0775. The Balaban J connectivity index is 2.61. The highest BCUT2D eigenvalue weighted by molar-refractivity contribution is 5.86. The summed E-state index contributed by atoms with van der Waals surface area (Å²) in [6, 6.07) is 5.00. The van der Waals surface area contributed by atoms with Crippen LogP contribution in [-0.4, -0.2) is 40.3 Å². The molecule has 1 heterocycles. The lowest BCUT2D eigenvalue weighted by Gasteiger charge is -2.10. The van der Waals surface area contributed by atoms with E-state index in [0.717, 1.165) is 0 Å². The van der Waals surface area contributed by atoms with Crippen LogP contribution in [0.1, 0.15) is 10.5 Å². The first kappa shape index (κ1) is 11.9. The number of carboxylic acids is 1. The molecule has 0 aliphatic carbocycles. The summed E-state index contributed by atoms with van der Waals surface area (Å²) < 4.78 is 11.4. The van der Waals surface area contributed by atoms with Gasteiger partial charge < -0.3 is 14.6 Å². The van der Waals surface area contributed by atoms with E-state index in [9.17, 15) is 4.79 Å². The number of aromatic nitrogens is 3. The smallest absolute Gasteiger partial charge is 0.356 e. The summed E-state index contributed by atoms with van der Waals surface area (Å²) in [4.78, 5) is 11.0. The number of nitrogens with zero attached hydrogens (tertiary/aromatic N) is 3. The lowest BCUT2D eigenvalue weighted by molar-refractivity contribution is 0.0687. The molecular formula is C11H11N3O4. The van der Waals surface area contributed by atoms with E-state index >= 15 is 0 Å². The third-order valence-electron chi connectivity index (χ3n) is 2.38. The van der Waals surface area contributed by atoms with E-state index in [-0.39, 0.29) is 5.69 Å². The van der Waals surface area contributed by atoms with Crippen molar-refractivity contribution in [2.75, 3.05) is 14.2 Å². The average molecular weight is 249 g/mol. The van der Waals surface area contributed by atoms with Crippen LogP contribution in [0, 0.1) is 0 Å². The highest BCUT2D eigenvalue weighted by Crippen LogP contribution is 2.27. The van der Waals surface area contributed by atoms with Crippen molar-refractivity contribution in [3.8, 4) is 17.2 Å². The zero-order chi connectivity index (χ0) is 13.1. The topological polar surface area (TPSA) is 86.5 Å². The van der Waals surface area contributed by atoms with Crippen LogP contribution in [0.15, 0.2) is 24.4 Å². The molecule has 0 radical (unpaired) electrons. The molecule has 2 aromatic rings. The van der Waals surface area contributed by atoms with Crippen LogP contribution in [-0.2, 0) is 0 Å². The molecule has 94 valence electrons. The number of aromatic carboxylic acids is 1. The van der Waals surface area contributed by atoms with Gasteiger partial charge in [-0.3, -0.25) is 0 Å². The maximum Gasteiger partial charge on any atom is 0.356 e. The second kappa shape index (κ2) is 4.74. The maximum absolute atomic E-state index is 11.0. The van der Waals surface area contributed by atoms with Crippen molar-refractivity contribution >= 4 is 5.97 Å². The van der Waals surface area contributed by atoms with Gasteiger partial charge in [0.25, 0.3) is 0 Å². The molecular weight excluding hydrogens is 238 g/mol. The van der Waals surface area contributed by atoms with Crippen LogP contribution in [0.25, 0.3) is 5.69 Å². The lowest BCUT2D eigenvalue weighted by atomic mass is 10.2. The number of carbonyl (C=O) groups is 1. The van der Waals surface area contributed by atoms with Crippen LogP contribution >= 0.6 is 0 Å². The molecule has 0 amide bonds. The lowest BCUT2D eigenvalue weighted by Crippen LogP contribution is -2.09. The Morgan fingerprint density at radius 2 is 2.11 bits per heavy atom. The van der Waals surface area contributed by atoms with Crippen molar-refractivity contribution in [2.24, 2.45) is 0 Å². The van der Waals surface area contributed by atoms with Gasteiger partial charge in [0.15, 0.2) is 5.69 Å². The largest absolute Gasteiger partial charge is 0.497 e. The minimum atomic E-state index is -1.12. The SMILES string of the molecule is COc1ccc(OC)c(-n2nncc2C(=O)O)c1. The van der Waals surface area contributed by atoms with Crippen LogP contribution in [0.4, 0.5) is 0 Å². The second-order valence-electron chi connectivity index (χ2n) is 3.37. The summed E-state index contributed by atoms with van der Waals surface area (Å²) in [5.41, 5.74) is 0.397. The summed E-state index contributed by atoms with van der Waals surface area (Å²) >= 11 is 0. The molecule has 1 aromatic carbocycles. The van der Waals surface area contributed by atoms with Gasteiger partial charge in [0, 0.05) is 6.07 Å². The Morgan fingerprint density at radius 3 is 2.72 bits per heavy atom. The minimum Gasteiger partial charge on any atom is -0.497 e. The Labute approximate surface area is 103 Å². The van der Waals surface area contributed by atoms with Gasteiger partial charge in [-0.2, -0.15) is 0 Å². The van der Waals surface area contributed by atoms with E-state index in [0.29, 0.717) is 17.2 Å². The van der Waals surface area contributed by atoms with Gasteiger partial charge in [-0.05, 0) is 12.1 Å². The first-order valence-corrected chi connectivity index (χ1v) is 5.03. The van der Waals surface area contributed by atoms with Crippen molar-refractivity contribution < 1.29 is 19.4 Å². The highest BCUT2D eigenvalue weighted by Gasteiger charge is 2.16. The molecule has 18 heavy (non-hydrogen) atoms. The molecule has 1 N–H and O–H groups in total. The molecule has 0 fully saturated rings. The molecule has 7 heteroatoms. The van der Waals surface area contributed by atoms with Crippen molar-refractivity contribution in [3.05, 3.63) is 30.1 Å². The first-order valence-electron chi connectivity index (χ1n) is 5.03. The molecule has 0 saturated carbocycles. The van der Waals surface area contributed by atoms with Crippen molar-refractivity contribution in [2.45, 2.75) is 0 Å². The first-order chi connectivity index (χ1) is 8.67. The average Bonchev–Trinajstić information content (AvgIpc) is 2.87. The van der Waals surface area contributed by atoms with E-state index in [1.54, 1.807) is 18.2 Å². The predicted octanol–water partition coefficient (Wildman–Crippen LogP) is 0.983. The molecule has 0 unspecified atom stereocenters. The number of carboxylic acid groups (broad SMARTS) is 1. The van der Waals surface area contributed by atoms with Gasteiger partial charge in [-0.15, -0.1) is 5.10 Å². The van der Waals surface area contributed by atoms with Crippen molar-refractivity contribution in [1.29, 1.82) is 0 Å². The Morgan fingerprint density at radius 1 is 1.33 bits per heavy atom. The standard InChI is InChI=1S/C11H11N3O4/c1-17-7-3-4-10(18-2)8(5-7)14-9(11(15)16)6-12-13-14/h3-6H,1-2H3,(H,15,16). The molecule has 2 rings (SSSR count).